The third-order valence-corrected chi connectivity index (χ3v) is 2.66. The third kappa shape index (κ3) is 4.37. The Morgan fingerprint density at radius 3 is 2.67 bits per heavy atom. The van der Waals surface area contributed by atoms with Gasteiger partial charge in [-0.15, -0.1) is 0 Å². The Morgan fingerprint density at radius 1 is 1.39 bits per heavy atom. The molecule has 0 aliphatic carbocycles. The zero-order chi connectivity index (χ0) is 13.5. The molecule has 4 nitrogen and oxygen atoms in total. The average Bonchev–Trinajstić information content (AvgIpc) is 2.34. The Bertz CT molecular complexity index is 403. The molecule has 18 heavy (non-hydrogen) atoms. The molecule has 1 aromatic rings. The molecule has 0 fully saturated rings. The molecule has 0 radical (unpaired) electrons. The first-order chi connectivity index (χ1) is 8.54. The molecule has 0 spiro atoms. The number of Topliss-reactive ketones (excluding diaryl/α,β-unsaturated/α-hetero) is 1. The summed E-state index contributed by atoms with van der Waals surface area (Å²) in [6.07, 6.45) is 1.44. The standard InChI is InChI=1S/C14H22N2O2/c1-4-13(17)11-6-7-14(12(15)10-11)18-9-5-8-16(2)3/h6-7,10H,4-5,8-9,15H2,1-3H3. The molecule has 1 rings (SSSR count). The average molecular weight is 250 g/mol. The Balaban J connectivity index is 2.55. The number of nitrogens with two attached hydrogens (primary N) is 1. The Labute approximate surface area is 109 Å². The Hall–Kier alpha value is -1.55. The number of ketones is 1. The molecule has 1 aromatic carbocycles. The SMILES string of the molecule is CCC(=O)c1ccc(OCCCN(C)C)c(N)c1. The number of ether oxygens (including phenoxy) is 1. The van der Waals surface area contributed by atoms with Gasteiger partial charge < -0.3 is 15.4 Å². The maximum absolute atomic E-state index is 11.5. The number of benzene rings is 1. The van der Waals surface area contributed by atoms with Crippen molar-refractivity contribution in [3.8, 4) is 5.75 Å². The monoisotopic (exact) mass is 250 g/mol. The van der Waals surface area contributed by atoms with Crippen LogP contribution in [0.25, 0.3) is 0 Å². The summed E-state index contributed by atoms with van der Waals surface area (Å²) in [4.78, 5) is 13.6. The fourth-order valence-corrected chi connectivity index (χ4v) is 1.62. The lowest BCUT2D eigenvalue weighted by atomic mass is 10.1. The summed E-state index contributed by atoms with van der Waals surface area (Å²) in [5.41, 5.74) is 7.04. The van der Waals surface area contributed by atoms with E-state index in [0.717, 1.165) is 13.0 Å². The van der Waals surface area contributed by atoms with Gasteiger partial charge in [0, 0.05) is 18.5 Å². The highest BCUT2D eigenvalue weighted by molar-refractivity contribution is 5.97. The second kappa shape index (κ2) is 7.01. The highest BCUT2D eigenvalue weighted by Crippen LogP contribution is 2.23. The Morgan fingerprint density at radius 2 is 2.11 bits per heavy atom. The smallest absolute Gasteiger partial charge is 0.162 e. The molecular formula is C14H22N2O2. The predicted octanol–water partition coefficient (Wildman–Crippen LogP) is 2.19. The van der Waals surface area contributed by atoms with Crippen LogP contribution in [-0.2, 0) is 0 Å². The minimum atomic E-state index is 0.0980. The molecule has 0 saturated heterocycles. The minimum Gasteiger partial charge on any atom is -0.491 e. The van der Waals surface area contributed by atoms with Crippen LogP contribution in [0.5, 0.6) is 5.75 Å². The normalized spacial score (nSPS) is 10.7. The lowest BCUT2D eigenvalue weighted by molar-refractivity contribution is 0.0988. The van der Waals surface area contributed by atoms with Gasteiger partial charge >= 0.3 is 0 Å². The number of hydrogen-bond acceptors (Lipinski definition) is 4. The fourth-order valence-electron chi connectivity index (χ4n) is 1.62. The van der Waals surface area contributed by atoms with Crippen LogP contribution in [0.15, 0.2) is 18.2 Å². The molecule has 0 aromatic heterocycles. The van der Waals surface area contributed by atoms with Gasteiger partial charge in [-0.2, -0.15) is 0 Å². The maximum atomic E-state index is 11.5. The molecule has 4 heteroatoms. The second-order valence-corrected chi connectivity index (χ2v) is 4.53. The molecule has 2 N–H and O–H groups in total. The van der Waals surface area contributed by atoms with Crippen molar-refractivity contribution in [1.82, 2.24) is 4.90 Å². The van der Waals surface area contributed by atoms with E-state index in [1.54, 1.807) is 18.2 Å². The van der Waals surface area contributed by atoms with Gasteiger partial charge in [0.2, 0.25) is 0 Å². The number of carbonyl (C=O) groups is 1. The summed E-state index contributed by atoms with van der Waals surface area (Å²) in [7, 11) is 4.05. The second-order valence-electron chi connectivity index (χ2n) is 4.53. The van der Waals surface area contributed by atoms with E-state index in [1.807, 2.05) is 21.0 Å². The van der Waals surface area contributed by atoms with Crippen molar-refractivity contribution in [1.29, 1.82) is 0 Å². The van der Waals surface area contributed by atoms with Gasteiger partial charge in [0.05, 0.1) is 12.3 Å². The maximum Gasteiger partial charge on any atom is 0.162 e. The van der Waals surface area contributed by atoms with Crippen molar-refractivity contribution >= 4 is 11.5 Å². The van der Waals surface area contributed by atoms with Gasteiger partial charge in [0.15, 0.2) is 5.78 Å². The highest BCUT2D eigenvalue weighted by atomic mass is 16.5. The zero-order valence-electron chi connectivity index (χ0n) is 11.4. The molecule has 0 bridgehead atoms. The summed E-state index contributed by atoms with van der Waals surface area (Å²) >= 11 is 0. The van der Waals surface area contributed by atoms with Gasteiger partial charge in [-0.05, 0) is 38.7 Å². The lowest BCUT2D eigenvalue weighted by Gasteiger charge is -2.12. The summed E-state index contributed by atoms with van der Waals surface area (Å²) in [5.74, 6) is 0.752. The van der Waals surface area contributed by atoms with Crippen molar-refractivity contribution in [3.05, 3.63) is 23.8 Å². The van der Waals surface area contributed by atoms with Crippen LogP contribution in [0.2, 0.25) is 0 Å². The topological polar surface area (TPSA) is 55.6 Å². The van der Waals surface area contributed by atoms with E-state index in [2.05, 4.69) is 4.90 Å². The van der Waals surface area contributed by atoms with Crippen LogP contribution in [0, 0.1) is 0 Å². The predicted molar refractivity (Wildman–Crippen MR) is 74.1 cm³/mol. The third-order valence-electron chi connectivity index (χ3n) is 2.66. The van der Waals surface area contributed by atoms with Crippen molar-refractivity contribution in [2.75, 3.05) is 33.0 Å². The lowest BCUT2D eigenvalue weighted by Crippen LogP contribution is -2.15. The van der Waals surface area contributed by atoms with Gasteiger partial charge in [-0.1, -0.05) is 6.92 Å². The fraction of sp³-hybridized carbons (Fsp3) is 0.500. The Kier molecular flexibility index (Phi) is 5.65. The molecule has 100 valence electrons. The summed E-state index contributed by atoms with van der Waals surface area (Å²) in [6, 6.07) is 5.23. The summed E-state index contributed by atoms with van der Waals surface area (Å²) in [5, 5.41) is 0. The number of hydrogen-bond donors (Lipinski definition) is 1. The van der Waals surface area contributed by atoms with Crippen LogP contribution < -0.4 is 10.5 Å². The summed E-state index contributed by atoms with van der Waals surface area (Å²) < 4.78 is 5.59. The van der Waals surface area contributed by atoms with E-state index < -0.39 is 0 Å². The van der Waals surface area contributed by atoms with Crippen LogP contribution in [0.3, 0.4) is 0 Å². The van der Waals surface area contributed by atoms with Crippen LogP contribution in [-0.4, -0.2) is 37.9 Å². The van der Waals surface area contributed by atoms with Gasteiger partial charge in [-0.3, -0.25) is 4.79 Å². The first-order valence-corrected chi connectivity index (χ1v) is 6.24. The van der Waals surface area contributed by atoms with E-state index in [4.69, 9.17) is 10.5 Å². The number of nitrogen functional groups attached to an aromatic ring is 1. The number of carbonyl (C=O) groups excluding carboxylic acids is 1. The van der Waals surface area contributed by atoms with Crippen molar-refractivity contribution in [2.24, 2.45) is 0 Å². The molecular weight excluding hydrogens is 228 g/mol. The summed E-state index contributed by atoms with van der Waals surface area (Å²) in [6.45, 7) is 3.44. The quantitative estimate of drug-likeness (QED) is 0.458. The molecule has 0 atom stereocenters. The number of nitrogens with zero attached hydrogens (tertiary/aromatic N) is 1. The van der Waals surface area contributed by atoms with E-state index in [-0.39, 0.29) is 5.78 Å². The first kappa shape index (κ1) is 14.5. The van der Waals surface area contributed by atoms with Crippen LogP contribution in [0.4, 0.5) is 5.69 Å². The zero-order valence-corrected chi connectivity index (χ0v) is 11.4. The number of rotatable bonds is 7. The van der Waals surface area contributed by atoms with E-state index in [9.17, 15) is 4.79 Å². The molecule has 0 amide bonds. The van der Waals surface area contributed by atoms with Crippen molar-refractivity contribution in [2.45, 2.75) is 19.8 Å². The molecule has 0 heterocycles. The van der Waals surface area contributed by atoms with E-state index in [1.165, 1.54) is 0 Å². The molecule has 0 saturated carbocycles. The van der Waals surface area contributed by atoms with Crippen LogP contribution >= 0.6 is 0 Å². The highest BCUT2D eigenvalue weighted by Gasteiger charge is 2.07. The van der Waals surface area contributed by atoms with Gasteiger partial charge in [-0.25, -0.2) is 0 Å². The number of anilines is 1. The van der Waals surface area contributed by atoms with Gasteiger partial charge in [0.25, 0.3) is 0 Å². The molecule has 0 aliphatic rings. The largest absolute Gasteiger partial charge is 0.491 e. The minimum absolute atomic E-state index is 0.0980. The van der Waals surface area contributed by atoms with E-state index in [0.29, 0.717) is 30.0 Å². The van der Waals surface area contributed by atoms with E-state index >= 15 is 0 Å². The van der Waals surface area contributed by atoms with Gasteiger partial charge in [0.1, 0.15) is 5.75 Å². The van der Waals surface area contributed by atoms with Crippen LogP contribution in [0.1, 0.15) is 30.1 Å². The van der Waals surface area contributed by atoms with Crippen molar-refractivity contribution < 1.29 is 9.53 Å². The molecule has 0 aliphatic heterocycles. The molecule has 0 unspecified atom stereocenters. The first-order valence-electron chi connectivity index (χ1n) is 6.24. The van der Waals surface area contributed by atoms with Crippen molar-refractivity contribution in [3.63, 3.8) is 0 Å².